The number of esters is 2. The molecule has 0 amide bonds. The summed E-state index contributed by atoms with van der Waals surface area (Å²) in [6, 6.07) is 0. The Morgan fingerprint density at radius 2 is 1.93 bits per heavy atom. The van der Waals surface area contributed by atoms with Gasteiger partial charge in [0.05, 0.1) is 36.1 Å². The molecule has 4 aliphatic heterocycles. The number of hydrogen-bond donors (Lipinski definition) is 1. The SMILES string of the molecule is C[C@@H]1COC2[C@H]1C13O[C@@H]4OC(=O)CC45[C@H](C(C)(C)C)CC(OC1=O)C35[C@H]2O. The normalized spacial score (nSPS) is 60.1. The lowest BCUT2D eigenvalue weighted by molar-refractivity contribution is -0.207. The van der Waals surface area contributed by atoms with Gasteiger partial charge in [0.15, 0.2) is 5.60 Å². The van der Waals surface area contributed by atoms with Crippen molar-refractivity contribution in [1.82, 2.24) is 0 Å². The molecule has 4 heterocycles. The van der Waals surface area contributed by atoms with Crippen LogP contribution in [0.3, 0.4) is 0 Å². The molecule has 2 aliphatic carbocycles. The van der Waals surface area contributed by atoms with Crippen LogP contribution in [0, 0.1) is 34.0 Å². The number of hydrogen-bond acceptors (Lipinski definition) is 7. The lowest BCUT2D eigenvalue weighted by Crippen LogP contribution is -2.59. The standard InChI is InChI=1S/C20H26O7/c1-8-7-24-13-12(8)20-15(23)25-10-5-9(17(2,3)4)18(19(10,20)14(13)22)6-11(21)26-16(18)27-20/h8-10,12-14,16,22H,5-7H2,1-4H3/t8-,9+,10?,12+,13?,14+,16+,18?,19?,20?/m1/s1. The fourth-order valence-corrected chi connectivity index (χ4v) is 8.25. The number of rotatable bonds is 0. The molecule has 2 spiro atoms. The van der Waals surface area contributed by atoms with Crippen molar-refractivity contribution >= 4 is 11.9 Å². The molecule has 6 rings (SSSR count). The summed E-state index contributed by atoms with van der Waals surface area (Å²) in [5, 5.41) is 11.6. The Morgan fingerprint density at radius 3 is 2.63 bits per heavy atom. The van der Waals surface area contributed by atoms with Crippen LogP contribution in [0.5, 0.6) is 0 Å². The van der Waals surface area contributed by atoms with Gasteiger partial charge in [0.1, 0.15) is 6.10 Å². The zero-order valence-electron chi connectivity index (χ0n) is 16.1. The number of aliphatic hydroxyl groups is 1. The van der Waals surface area contributed by atoms with Crippen LogP contribution in [0.4, 0.5) is 0 Å². The first kappa shape index (κ1) is 16.7. The molecule has 0 radical (unpaired) electrons. The van der Waals surface area contributed by atoms with E-state index in [1.807, 2.05) is 6.92 Å². The summed E-state index contributed by atoms with van der Waals surface area (Å²) in [7, 11) is 0. The van der Waals surface area contributed by atoms with Gasteiger partial charge in [-0.3, -0.25) is 4.79 Å². The summed E-state index contributed by atoms with van der Waals surface area (Å²) in [6.07, 6.45) is -1.92. The highest BCUT2D eigenvalue weighted by atomic mass is 16.7. The van der Waals surface area contributed by atoms with Crippen LogP contribution in [0.15, 0.2) is 0 Å². The van der Waals surface area contributed by atoms with Crippen molar-refractivity contribution in [2.24, 2.45) is 34.0 Å². The monoisotopic (exact) mass is 378 g/mol. The predicted octanol–water partition coefficient (Wildman–Crippen LogP) is 1.02. The maximum Gasteiger partial charge on any atom is 0.340 e. The second-order valence-electron chi connectivity index (χ2n) is 10.6. The Bertz CT molecular complexity index is 773. The van der Waals surface area contributed by atoms with Gasteiger partial charge in [-0.1, -0.05) is 27.7 Å². The van der Waals surface area contributed by atoms with E-state index in [0.717, 1.165) is 0 Å². The molecule has 0 bridgehead atoms. The largest absolute Gasteiger partial charge is 0.459 e. The van der Waals surface area contributed by atoms with E-state index in [9.17, 15) is 14.7 Å². The van der Waals surface area contributed by atoms with Crippen molar-refractivity contribution in [3.63, 3.8) is 0 Å². The van der Waals surface area contributed by atoms with Gasteiger partial charge < -0.3 is 24.1 Å². The van der Waals surface area contributed by atoms with E-state index in [4.69, 9.17) is 18.9 Å². The van der Waals surface area contributed by atoms with Gasteiger partial charge in [0.25, 0.3) is 0 Å². The van der Waals surface area contributed by atoms with Gasteiger partial charge in [0.2, 0.25) is 6.29 Å². The highest BCUT2D eigenvalue weighted by molar-refractivity contribution is 5.89. The highest BCUT2D eigenvalue weighted by Crippen LogP contribution is 2.83. The third kappa shape index (κ3) is 1.35. The minimum absolute atomic E-state index is 0.0187. The third-order valence-corrected chi connectivity index (χ3v) is 8.72. The summed E-state index contributed by atoms with van der Waals surface area (Å²) >= 11 is 0. The van der Waals surface area contributed by atoms with Crippen LogP contribution in [-0.2, 0) is 28.5 Å². The number of carbonyl (C=O) groups is 2. The molecule has 1 N–H and O–H groups in total. The van der Waals surface area contributed by atoms with E-state index in [2.05, 4.69) is 20.8 Å². The predicted molar refractivity (Wildman–Crippen MR) is 89.0 cm³/mol. The molecule has 5 unspecified atom stereocenters. The van der Waals surface area contributed by atoms with Crippen LogP contribution in [0.1, 0.15) is 40.5 Å². The second-order valence-corrected chi connectivity index (χ2v) is 10.6. The first-order valence-electron chi connectivity index (χ1n) is 10.0. The lowest BCUT2D eigenvalue weighted by Gasteiger charge is -2.46. The van der Waals surface area contributed by atoms with E-state index in [-0.39, 0.29) is 35.6 Å². The zero-order valence-corrected chi connectivity index (χ0v) is 16.1. The van der Waals surface area contributed by atoms with Crippen molar-refractivity contribution in [3.8, 4) is 0 Å². The van der Waals surface area contributed by atoms with Crippen molar-refractivity contribution in [2.45, 2.75) is 70.7 Å². The molecule has 7 nitrogen and oxygen atoms in total. The van der Waals surface area contributed by atoms with E-state index >= 15 is 0 Å². The summed E-state index contributed by atoms with van der Waals surface area (Å²) in [6.45, 7) is 8.90. The minimum atomic E-state index is -1.29. The fraction of sp³-hybridized carbons (Fsp3) is 0.900. The number of carbonyl (C=O) groups excluding carboxylic acids is 2. The highest BCUT2D eigenvalue weighted by Gasteiger charge is 2.97. The number of ether oxygens (including phenoxy) is 4. The average Bonchev–Trinajstić information content (AvgIpc) is 3.28. The Labute approximate surface area is 157 Å². The van der Waals surface area contributed by atoms with Crippen LogP contribution < -0.4 is 0 Å². The van der Waals surface area contributed by atoms with E-state index in [1.165, 1.54) is 0 Å². The summed E-state index contributed by atoms with van der Waals surface area (Å²) in [5.74, 6) is -0.949. The third-order valence-electron chi connectivity index (χ3n) is 8.72. The first-order valence-corrected chi connectivity index (χ1v) is 10.0. The molecule has 0 aromatic heterocycles. The van der Waals surface area contributed by atoms with E-state index in [1.54, 1.807) is 0 Å². The lowest BCUT2D eigenvalue weighted by atomic mass is 9.52. The van der Waals surface area contributed by atoms with Gasteiger partial charge in [-0.05, 0) is 23.7 Å². The van der Waals surface area contributed by atoms with Crippen LogP contribution in [0.25, 0.3) is 0 Å². The van der Waals surface area contributed by atoms with E-state index in [0.29, 0.717) is 13.0 Å². The van der Waals surface area contributed by atoms with Crippen molar-refractivity contribution in [1.29, 1.82) is 0 Å². The molecule has 7 heteroatoms. The van der Waals surface area contributed by atoms with Gasteiger partial charge in [-0.15, -0.1) is 0 Å². The summed E-state index contributed by atoms with van der Waals surface area (Å²) in [5.41, 5.74) is -3.22. The Morgan fingerprint density at radius 1 is 1.19 bits per heavy atom. The van der Waals surface area contributed by atoms with Crippen LogP contribution >= 0.6 is 0 Å². The molecule has 0 aromatic carbocycles. The maximum atomic E-state index is 13.3. The van der Waals surface area contributed by atoms with Crippen molar-refractivity contribution < 1.29 is 33.6 Å². The Balaban J connectivity index is 1.67. The van der Waals surface area contributed by atoms with Gasteiger partial charge in [-0.2, -0.15) is 0 Å². The molecule has 10 atom stereocenters. The molecule has 6 aliphatic rings. The second kappa shape index (κ2) is 4.36. The van der Waals surface area contributed by atoms with Crippen molar-refractivity contribution in [3.05, 3.63) is 0 Å². The van der Waals surface area contributed by atoms with Crippen LogP contribution in [0.2, 0.25) is 0 Å². The Kier molecular flexibility index (Phi) is 2.71. The summed E-state index contributed by atoms with van der Waals surface area (Å²) in [4.78, 5) is 25.7. The smallest absolute Gasteiger partial charge is 0.340 e. The van der Waals surface area contributed by atoms with Gasteiger partial charge in [0, 0.05) is 5.92 Å². The fourth-order valence-electron chi connectivity index (χ4n) is 8.25. The first-order chi connectivity index (χ1) is 12.6. The Hall–Kier alpha value is -1.18. The molecule has 27 heavy (non-hydrogen) atoms. The molecule has 6 fully saturated rings. The molecule has 0 aromatic rings. The average molecular weight is 378 g/mol. The quantitative estimate of drug-likeness (QED) is 0.629. The molecular formula is C20H26O7. The minimum Gasteiger partial charge on any atom is -0.459 e. The van der Waals surface area contributed by atoms with E-state index < -0.39 is 47.0 Å². The van der Waals surface area contributed by atoms with Gasteiger partial charge >= 0.3 is 11.9 Å². The number of fused-ring (bicyclic) bond motifs is 1. The maximum absolute atomic E-state index is 13.3. The molecule has 4 saturated heterocycles. The number of aliphatic hydroxyl groups excluding tert-OH is 1. The molecule has 2 saturated carbocycles. The zero-order chi connectivity index (χ0) is 19.1. The molecule has 148 valence electrons. The summed E-state index contributed by atoms with van der Waals surface area (Å²) < 4.78 is 24.0. The van der Waals surface area contributed by atoms with Crippen LogP contribution in [-0.4, -0.2) is 53.9 Å². The topological polar surface area (TPSA) is 91.3 Å². The van der Waals surface area contributed by atoms with Crippen molar-refractivity contribution in [2.75, 3.05) is 6.61 Å². The molecular weight excluding hydrogens is 352 g/mol. The van der Waals surface area contributed by atoms with Gasteiger partial charge in [-0.25, -0.2) is 4.79 Å².